The van der Waals surface area contributed by atoms with Gasteiger partial charge in [0.15, 0.2) is 0 Å². The Morgan fingerprint density at radius 1 is 0.952 bits per heavy atom. The van der Waals surface area contributed by atoms with Crippen LogP contribution in [0.15, 0.2) is 60.7 Å². The Kier molecular flexibility index (Phi) is 4.10. The number of benzene rings is 2. The molecule has 0 saturated heterocycles. The van der Waals surface area contributed by atoms with E-state index >= 15 is 0 Å². The molecule has 0 amide bonds. The second-order valence-corrected chi connectivity index (χ2v) is 6.13. The maximum Gasteiger partial charge on any atom is 0.127 e. The summed E-state index contributed by atoms with van der Waals surface area (Å²) in [6.07, 6.45) is 4.48. The van der Waals surface area contributed by atoms with E-state index in [-0.39, 0.29) is 6.10 Å². The minimum absolute atomic E-state index is 0.135. The summed E-state index contributed by atoms with van der Waals surface area (Å²) in [5, 5.41) is 0. The summed E-state index contributed by atoms with van der Waals surface area (Å²) in [4.78, 5) is 0. The highest BCUT2D eigenvalue weighted by atomic mass is 16.5. The van der Waals surface area contributed by atoms with Gasteiger partial charge in [0.05, 0.1) is 0 Å². The van der Waals surface area contributed by atoms with Crippen LogP contribution < -0.4 is 4.74 Å². The van der Waals surface area contributed by atoms with Crippen LogP contribution >= 0.6 is 0 Å². The third-order valence-electron chi connectivity index (χ3n) is 3.81. The summed E-state index contributed by atoms with van der Waals surface area (Å²) in [7, 11) is 0. The Morgan fingerprint density at radius 2 is 1.67 bits per heavy atom. The second-order valence-electron chi connectivity index (χ2n) is 6.13. The quantitative estimate of drug-likeness (QED) is 0.754. The standard InChI is InChI=1S/C20H22O/c1-15(2)12-17-14-18(13-16-8-4-3-5-9-16)21-20-11-7-6-10-19(17)20/h3-11,14-15,18H,12-13H2,1-2H3. The SMILES string of the molecule is CC(C)CC1=CC(Cc2ccccc2)Oc2ccccc21. The van der Waals surface area contributed by atoms with Crippen molar-refractivity contribution in [1.82, 2.24) is 0 Å². The number of rotatable bonds is 4. The molecule has 0 saturated carbocycles. The van der Waals surface area contributed by atoms with Crippen LogP contribution in [-0.4, -0.2) is 6.10 Å². The molecule has 0 aliphatic carbocycles. The summed E-state index contributed by atoms with van der Waals surface area (Å²) < 4.78 is 6.17. The number of ether oxygens (including phenoxy) is 1. The topological polar surface area (TPSA) is 9.23 Å². The Balaban J connectivity index is 1.87. The first-order valence-corrected chi connectivity index (χ1v) is 7.73. The molecule has 2 aromatic carbocycles. The molecule has 1 heterocycles. The van der Waals surface area contributed by atoms with E-state index in [4.69, 9.17) is 4.74 Å². The highest BCUT2D eigenvalue weighted by Crippen LogP contribution is 2.35. The molecular weight excluding hydrogens is 256 g/mol. The van der Waals surface area contributed by atoms with Gasteiger partial charge < -0.3 is 4.74 Å². The van der Waals surface area contributed by atoms with Crippen LogP contribution in [0.2, 0.25) is 0 Å². The van der Waals surface area contributed by atoms with Crippen molar-refractivity contribution in [3.8, 4) is 5.75 Å². The molecule has 3 rings (SSSR count). The van der Waals surface area contributed by atoms with Crippen LogP contribution in [0.25, 0.3) is 5.57 Å². The molecule has 108 valence electrons. The number of fused-ring (bicyclic) bond motifs is 1. The molecular formula is C20H22O. The largest absolute Gasteiger partial charge is 0.485 e. The van der Waals surface area contributed by atoms with Gasteiger partial charge in [0, 0.05) is 12.0 Å². The van der Waals surface area contributed by atoms with Crippen molar-refractivity contribution in [2.45, 2.75) is 32.8 Å². The molecule has 0 N–H and O–H groups in total. The van der Waals surface area contributed by atoms with Crippen molar-refractivity contribution in [2.75, 3.05) is 0 Å². The van der Waals surface area contributed by atoms with E-state index in [2.05, 4.69) is 74.5 Å². The molecule has 1 nitrogen and oxygen atoms in total. The van der Waals surface area contributed by atoms with Crippen LogP contribution in [0, 0.1) is 5.92 Å². The fourth-order valence-corrected chi connectivity index (χ4v) is 2.91. The van der Waals surface area contributed by atoms with E-state index in [9.17, 15) is 0 Å². The maximum atomic E-state index is 6.17. The van der Waals surface area contributed by atoms with Crippen molar-refractivity contribution in [3.63, 3.8) is 0 Å². The van der Waals surface area contributed by atoms with E-state index in [1.165, 1.54) is 16.7 Å². The van der Waals surface area contributed by atoms with E-state index in [1.807, 2.05) is 0 Å². The molecule has 1 aliphatic rings. The fraction of sp³-hybridized carbons (Fsp3) is 0.300. The van der Waals surface area contributed by atoms with E-state index in [1.54, 1.807) is 0 Å². The second kappa shape index (κ2) is 6.17. The molecule has 2 aromatic rings. The average Bonchev–Trinajstić information content (AvgIpc) is 2.48. The van der Waals surface area contributed by atoms with Gasteiger partial charge in [-0.05, 0) is 35.6 Å². The third kappa shape index (κ3) is 3.36. The van der Waals surface area contributed by atoms with E-state index in [0.717, 1.165) is 18.6 Å². The van der Waals surface area contributed by atoms with Gasteiger partial charge in [0.25, 0.3) is 0 Å². The predicted octanol–water partition coefficient (Wildman–Crippen LogP) is 5.12. The molecule has 0 aromatic heterocycles. The lowest BCUT2D eigenvalue weighted by atomic mass is 9.91. The van der Waals surface area contributed by atoms with Gasteiger partial charge >= 0.3 is 0 Å². The minimum atomic E-state index is 0.135. The maximum absolute atomic E-state index is 6.17. The lowest BCUT2D eigenvalue weighted by molar-refractivity contribution is 0.244. The Morgan fingerprint density at radius 3 is 2.43 bits per heavy atom. The lowest BCUT2D eigenvalue weighted by Crippen LogP contribution is -2.21. The normalized spacial score (nSPS) is 17.1. The van der Waals surface area contributed by atoms with Gasteiger partial charge in [-0.1, -0.05) is 62.4 Å². The zero-order valence-corrected chi connectivity index (χ0v) is 12.8. The molecule has 0 spiro atoms. The number of allylic oxidation sites excluding steroid dienone is 1. The van der Waals surface area contributed by atoms with Crippen molar-refractivity contribution in [2.24, 2.45) is 5.92 Å². The van der Waals surface area contributed by atoms with Crippen molar-refractivity contribution < 1.29 is 4.74 Å². The zero-order chi connectivity index (χ0) is 14.7. The average molecular weight is 278 g/mol. The first kappa shape index (κ1) is 13.9. The Hall–Kier alpha value is -2.02. The van der Waals surface area contributed by atoms with Crippen LogP contribution in [0.3, 0.4) is 0 Å². The number of para-hydroxylation sites is 1. The highest BCUT2D eigenvalue weighted by Gasteiger charge is 2.20. The minimum Gasteiger partial charge on any atom is -0.485 e. The summed E-state index contributed by atoms with van der Waals surface area (Å²) in [6, 6.07) is 19.0. The van der Waals surface area contributed by atoms with Gasteiger partial charge in [-0.3, -0.25) is 0 Å². The molecule has 0 radical (unpaired) electrons. The van der Waals surface area contributed by atoms with Crippen LogP contribution in [0.5, 0.6) is 5.75 Å². The van der Waals surface area contributed by atoms with Crippen molar-refractivity contribution in [1.29, 1.82) is 0 Å². The molecule has 1 heteroatoms. The summed E-state index contributed by atoms with van der Waals surface area (Å²) in [6.45, 7) is 4.54. The van der Waals surface area contributed by atoms with Gasteiger partial charge in [0.1, 0.15) is 11.9 Å². The van der Waals surface area contributed by atoms with E-state index in [0.29, 0.717) is 5.92 Å². The molecule has 1 unspecified atom stereocenters. The first-order valence-electron chi connectivity index (χ1n) is 7.73. The van der Waals surface area contributed by atoms with Gasteiger partial charge in [-0.2, -0.15) is 0 Å². The Bertz CT molecular complexity index is 625. The zero-order valence-electron chi connectivity index (χ0n) is 12.8. The molecule has 0 fully saturated rings. The fourth-order valence-electron chi connectivity index (χ4n) is 2.91. The van der Waals surface area contributed by atoms with Gasteiger partial charge in [0.2, 0.25) is 0 Å². The third-order valence-corrected chi connectivity index (χ3v) is 3.81. The predicted molar refractivity (Wildman–Crippen MR) is 88.4 cm³/mol. The summed E-state index contributed by atoms with van der Waals surface area (Å²) in [5.74, 6) is 1.68. The molecule has 21 heavy (non-hydrogen) atoms. The Labute approximate surface area is 127 Å². The molecule has 0 bridgehead atoms. The summed E-state index contributed by atoms with van der Waals surface area (Å²) >= 11 is 0. The molecule has 1 aliphatic heterocycles. The smallest absolute Gasteiger partial charge is 0.127 e. The summed E-state index contributed by atoms with van der Waals surface area (Å²) in [5.41, 5.74) is 4.00. The number of hydrogen-bond donors (Lipinski definition) is 0. The van der Waals surface area contributed by atoms with Crippen LogP contribution in [0.4, 0.5) is 0 Å². The molecule has 1 atom stereocenters. The monoisotopic (exact) mass is 278 g/mol. The van der Waals surface area contributed by atoms with Gasteiger partial charge in [-0.15, -0.1) is 0 Å². The highest BCUT2D eigenvalue weighted by molar-refractivity contribution is 5.72. The van der Waals surface area contributed by atoms with E-state index < -0.39 is 0 Å². The van der Waals surface area contributed by atoms with Crippen molar-refractivity contribution >= 4 is 5.57 Å². The van der Waals surface area contributed by atoms with Crippen molar-refractivity contribution in [3.05, 3.63) is 71.8 Å². The van der Waals surface area contributed by atoms with Crippen LogP contribution in [-0.2, 0) is 6.42 Å². The first-order chi connectivity index (χ1) is 10.2. The number of hydrogen-bond acceptors (Lipinski definition) is 1. The lowest BCUT2D eigenvalue weighted by Gasteiger charge is -2.26. The van der Waals surface area contributed by atoms with Crippen LogP contribution in [0.1, 0.15) is 31.4 Å². The van der Waals surface area contributed by atoms with Gasteiger partial charge in [-0.25, -0.2) is 0 Å².